The summed E-state index contributed by atoms with van der Waals surface area (Å²) in [6.07, 6.45) is 3.31. The molecule has 0 spiro atoms. The monoisotopic (exact) mass is 264 g/mol. The predicted octanol–water partition coefficient (Wildman–Crippen LogP) is 0.742. The van der Waals surface area contributed by atoms with Gasteiger partial charge in [-0.2, -0.15) is 0 Å². The van der Waals surface area contributed by atoms with Gasteiger partial charge in [-0.15, -0.1) is 0 Å². The largest absolute Gasteiger partial charge is 0.527 e. The van der Waals surface area contributed by atoms with E-state index in [-0.39, 0.29) is 6.54 Å². The van der Waals surface area contributed by atoms with E-state index < -0.39 is 12.1 Å². The van der Waals surface area contributed by atoms with Crippen LogP contribution in [-0.2, 0) is 14.5 Å². The number of hydrogen-bond acceptors (Lipinski definition) is 6. The highest BCUT2D eigenvalue weighted by molar-refractivity contribution is 5.68. The maximum atomic E-state index is 10.2. The molecule has 0 aromatic rings. The van der Waals surface area contributed by atoms with Crippen molar-refractivity contribution in [1.29, 1.82) is 0 Å². The Balaban J connectivity index is 2.99. The first-order valence-electron chi connectivity index (χ1n) is 5.82. The Kier molecular flexibility index (Phi) is 11.2. The Morgan fingerprint density at radius 3 is 2.33 bits per heavy atom. The molecule has 0 saturated heterocycles. The van der Waals surface area contributed by atoms with Gasteiger partial charge in [0, 0.05) is 0 Å². The Morgan fingerprint density at radius 2 is 1.67 bits per heavy atom. The minimum absolute atomic E-state index is 0.00306. The lowest BCUT2D eigenvalue weighted by molar-refractivity contribution is -0.142. The van der Waals surface area contributed by atoms with Crippen LogP contribution in [0, 0.1) is 0 Å². The molecule has 0 bridgehead atoms. The second-order valence-electron chi connectivity index (χ2n) is 3.64. The number of nitrogens with one attached hydrogen (secondary N) is 2. The summed E-state index contributed by atoms with van der Waals surface area (Å²) >= 11 is 0. The summed E-state index contributed by atoms with van der Waals surface area (Å²) in [6.45, 7) is 1.09. The van der Waals surface area contributed by atoms with E-state index >= 15 is 0 Å². The third-order valence-corrected chi connectivity index (χ3v) is 2.06. The molecule has 0 aliphatic rings. The number of rotatable bonds is 12. The van der Waals surface area contributed by atoms with Gasteiger partial charge < -0.3 is 20.4 Å². The van der Waals surface area contributed by atoms with Gasteiger partial charge >= 0.3 is 12.1 Å². The zero-order chi connectivity index (χ0) is 13.6. The van der Waals surface area contributed by atoms with E-state index in [4.69, 9.17) is 10.2 Å². The third-order valence-electron chi connectivity index (χ3n) is 2.06. The van der Waals surface area contributed by atoms with E-state index in [2.05, 4.69) is 15.0 Å². The second-order valence-corrected chi connectivity index (χ2v) is 3.64. The molecule has 0 fully saturated rings. The van der Waals surface area contributed by atoms with Crippen molar-refractivity contribution in [2.75, 3.05) is 19.7 Å². The quantitative estimate of drug-likeness (QED) is 0.301. The summed E-state index contributed by atoms with van der Waals surface area (Å²) in [5.74, 6) is -0.844. The molecule has 0 aliphatic heterocycles. The Bertz CT molecular complexity index is 212. The predicted molar refractivity (Wildman–Crippen MR) is 61.8 cm³/mol. The lowest BCUT2D eigenvalue weighted by atomic mass is 10.1. The van der Waals surface area contributed by atoms with E-state index in [0.29, 0.717) is 13.2 Å². The van der Waals surface area contributed by atoms with Crippen LogP contribution in [0.2, 0.25) is 0 Å². The molecule has 0 saturated carbocycles. The van der Waals surface area contributed by atoms with Crippen molar-refractivity contribution in [2.24, 2.45) is 0 Å². The molecular weight excluding hydrogens is 244 g/mol. The highest BCUT2D eigenvalue weighted by Gasteiger charge is 1.96. The van der Waals surface area contributed by atoms with Crippen LogP contribution in [-0.4, -0.2) is 42.0 Å². The van der Waals surface area contributed by atoms with Gasteiger partial charge in [0.2, 0.25) is 0 Å². The summed E-state index contributed by atoms with van der Waals surface area (Å²) in [4.78, 5) is 28.7. The standard InChI is InChI=1S/C10H20N2O6/c13-9(14)8-11-6-4-2-1-3-5-7-17-12-18-10(15)16/h11-12H,1-8H2,(H,13,14)(H,15,16). The molecule has 0 radical (unpaired) electrons. The van der Waals surface area contributed by atoms with Gasteiger partial charge in [0.1, 0.15) is 0 Å². The second kappa shape index (κ2) is 12.1. The molecule has 0 amide bonds. The summed E-state index contributed by atoms with van der Waals surface area (Å²) in [7, 11) is 0. The lowest BCUT2D eigenvalue weighted by Gasteiger charge is -2.04. The molecule has 0 aromatic heterocycles. The fourth-order valence-electron chi connectivity index (χ4n) is 1.26. The van der Waals surface area contributed by atoms with Crippen LogP contribution in [0.4, 0.5) is 4.79 Å². The van der Waals surface area contributed by atoms with Crippen molar-refractivity contribution in [1.82, 2.24) is 11.0 Å². The molecule has 0 rings (SSSR count). The van der Waals surface area contributed by atoms with Crippen LogP contribution >= 0.6 is 0 Å². The van der Waals surface area contributed by atoms with E-state index in [9.17, 15) is 9.59 Å². The van der Waals surface area contributed by atoms with Crippen molar-refractivity contribution >= 4 is 12.1 Å². The van der Waals surface area contributed by atoms with Crippen LogP contribution in [0.15, 0.2) is 0 Å². The van der Waals surface area contributed by atoms with Gasteiger partial charge in [-0.05, 0) is 25.0 Å². The fourth-order valence-corrected chi connectivity index (χ4v) is 1.26. The zero-order valence-electron chi connectivity index (χ0n) is 10.2. The molecule has 18 heavy (non-hydrogen) atoms. The van der Waals surface area contributed by atoms with Crippen LogP contribution in [0.1, 0.15) is 32.1 Å². The molecule has 4 N–H and O–H groups in total. The molecule has 8 heteroatoms. The first-order valence-corrected chi connectivity index (χ1v) is 5.82. The molecule has 0 aliphatic carbocycles. The normalized spacial score (nSPS) is 10.2. The van der Waals surface area contributed by atoms with Gasteiger partial charge in [-0.25, -0.2) is 4.79 Å². The van der Waals surface area contributed by atoms with Crippen LogP contribution in [0.5, 0.6) is 0 Å². The first-order chi connectivity index (χ1) is 8.63. The van der Waals surface area contributed by atoms with Crippen molar-refractivity contribution in [3.05, 3.63) is 0 Å². The Hall–Kier alpha value is -1.38. The Morgan fingerprint density at radius 1 is 1.00 bits per heavy atom. The SMILES string of the molecule is O=C(O)CNCCCCCCCONOC(=O)O. The maximum absolute atomic E-state index is 10.2. The van der Waals surface area contributed by atoms with Crippen molar-refractivity contribution in [3.63, 3.8) is 0 Å². The lowest BCUT2D eigenvalue weighted by Crippen LogP contribution is -2.23. The molecule has 106 valence electrons. The van der Waals surface area contributed by atoms with E-state index in [1.165, 1.54) is 0 Å². The van der Waals surface area contributed by atoms with Crippen molar-refractivity contribution in [3.8, 4) is 0 Å². The third kappa shape index (κ3) is 14.6. The molecule has 0 atom stereocenters. The highest BCUT2D eigenvalue weighted by Crippen LogP contribution is 2.02. The van der Waals surface area contributed by atoms with Gasteiger partial charge in [0.05, 0.1) is 13.2 Å². The van der Waals surface area contributed by atoms with Gasteiger partial charge in [0.15, 0.2) is 0 Å². The number of aliphatic carboxylic acids is 1. The van der Waals surface area contributed by atoms with Gasteiger partial charge in [-0.3, -0.25) is 9.63 Å². The minimum Gasteiger partial charge on any atom is -0.480 e. The minimum atomic E-state index is -1.44. The fraction of sp³-hybridized carbons (Fsp3) is 0.800. The van der Waals surface area contributed by atoms with Crippen LogP contribution in [0.3, 0.4) is 0 Å². The van der Waals surface area contributed by atoms with E-state index in [1.807, 2.05) is 5.64 Å². The highest BCUT2D eigenvalue weighted by atomic mass is 16.9. The van der Waals surface area contributed by atoms with Crippen LogP contribution < -0.4 is 11.0 Å². The van der Waals surface area contributed by atoms with Gasteiger partial charge in [0.25, 0.3) is 0 Å². The summed E-state index contributed by atoms with van der Waals surface area (Å²) in [6, 6.07) is 0. The Labute approximate surface area is 105 Å². The number of carbonyl (C=O) groups is 2. The van der Waals surface area contributed by atoms with E-state index in [0.717, 1.165) is 32.1 Å². The first kappa shape index (κ1) is 16.6. The number of unbranched alkanes of at least 4 members (excludes halogenated alkanes) is 4. The van der Waals surface area contributed by atoms with Crippen molar-refractivity contribution < 1.29 is 29.5 Å². The average molecular weight is 264 g/mol. The zero-order valence-corrected chi connectivity index (χ0v) is 10.2. The molecule has 0 heterocycles. The molecule has 0 aromatic carbocycles. The van der Waals surface area contributed by atoms with Crippen LogP contribution in [0.25, 0.3) is 0 Å². The smallest absolute Gasteiger partial charge is 0.480 e. The van der Waals surface area contributed by atoms with Crippen molar-refractivity contribution in [2.45, 2.75) is 32.1 Å². The molecule has 8 nitrogen and oxygen atoms in total. The molecule has 0 unspecified atom stereocenters. The van der Waals surface area contributed by atoms with Gasteiger partial charge in [-0.1, -0.05) is 19.3 Å². The average Bonchev–Trinajstić information content (AvgIpc) is 2.29. The molecular formula is C10H20N2O6. The number of carboxylic acid groups (broad SMARTS) is 2. The summed E-state index contributed by atoms with van der Waals surface area (Å²) in [5, 5.41) is 19.3. The topological polar surface area (TPSA) is 117 Å². The summed E-state index contributed by atoms with van der Waals surface area (Å²) in [5.41, 5.74) is 1.85. The summed E-state index contributed by atoms with van der Waals surface area (Å²) < 4.78 is 0. The number of hydrogen-bond donors (Lipinski definition) is 4. The van der Waals surface area contributed by atoms with E-state index in [1.54, 1.807) is 0 Å². The maximum Gasteiger partial charge on any atom is 0.527 e. The number of carboxylic acids is 1.